The lowest BCUT2D eigenvalue weighted by Crippen LogP contribution is -2.14. The van der Waals surface area contributed by atoms with Crippen LogP contribution in [0.5, 0.6) is 0 Å². The van der Waals surface area contributed by atoms with Crippen molar-refractivity contribution in [1.29, 1.82) is 0 Å². The molecule has 17 heavy (non-hydrogen) atoms. The highest BCUT2D eigenvalue weighted by Crippen LogP contribution is 2.38. The van der Waals surface area contributed by atoms with Gasteiger partial charge in [-0.25, -0.2) is 0 Å². The number of rotatable bonds is 0. The first-order valence-corrected chi connectivity index (χ1v) is 4.88. The lowest BCUT2D eigenvalue weighted by molar-refractivity contribution is -0.143. The Balaban J connectivity index is 0.00000121. The molecule has 6 heteroatoms. The minimum absolute atomic E-state index is 0.630. The number of alkyl halides is 6. The van der Waals surface area contributed by atoms with E-state index in [9.17, 15) is 26.3 Å². The monoisotopic (exact) mass is 258 g/mol. The molecule has 1 rings (SSSR count). The minimum atomic E-state index is -4.76. The molecule has 0 saturated heterocycles. The Labute approximate surface area is 95.3 Å². The molecule has 0 N–H and O–H groups in total. The van der Waals surface area contributed by atoms with E-state index in [1.54, 1.807) is 0 Å². The van der Waals surface area contributed by atoms with Gasteiger partial charge in [0.2, 0.25) is 0 Å². The van der Waals surface area contributed by atoms with E-state index in [4.69, 9.17) is 0 Å². The fourth-order valence-electron chi connectivity index (χ4n) is 1.25. The smallest absolute Gasteiger partial charge is 0.166 e. The molecule has 0 aliphatic carbocycles. The second-order valence-electron chi connectivity index (χ2n) is 2.97. The second-order valence-corrected chi connectivity index (χ2v) is 2.97. The molecule has 0 amide bonds. The maximum absolute atomic E-state index is 12.2. The summed E-state index contributed by atoms with van der Waals surface area (Å²) in [6, 6.07) is 2.01. The van der Waals surface area contributed by atoms with E-state index < -0.39 is 29.0 Å². The molecule has 0 bridgehead atoms. The third-order valence-electron chi connectivity index (χ3n) is 1.94. The highest BCUT2D eigenvalue weighted by Gasteiger charge is 2.38. The zero-order valence-corrected chi connectivity index (χ0v) is 9.50. The van der Waals surface area contributed by atoms with Crippen LogP contribution in [0, 0.1) is 6.92 Å². The standard InChI is InChI=1S/C9H6F6.C2H6/c1-5-6(8(10,11)12)3-2-4-7(5)9(13,14)15;1-2/h2-4H,1H3;1-2H3. The van der Waals surface area contributed by atoms with Crippen LogP contribution in [0.3, 0.4) is 0 Å². The third-order valence-corrected chi connectivity index (χ3v) is 1.94. The first-order chi connectivity index (χ1) is 7.64. The van der Waals surface area contributed by atoms with E-state index in [0.717, 1.165) is 13.0 Å². The van der Waals surface area contributed by atoms with Gasteiger partial charge in [0, 0.05) is 0 Å². The SMILES string of the molecule is CC.Cc1c(C(F)(F)F)cccc1C(F)(F)F. The maximum atomic E-state index is 12.2. The molecular weight excluding hydrogens is 246 g/mol. The summed E-state index contributed by atoms with van der Waals surface area (Å²) in [5.41, 5.74) is -3.30. The summed E-state index contributed by atoms with van der Waals surface area (Å²) >= 11 is 0. The van der Waals surface area contributed by atoms with E-state index in [1.807, 2.05) is 13.8 Å². The average molecular weight is 258 g/mol. The molecule has 0 saturated carbocycles. The third kappa shape index (κ3) is 3.94. The van der Waals surface area contributed by atoms with Crippen LogP contribution in [0.25, 0.3) is 0 Å². The Hall–Kier alpha value is -1.20. The molecule has 0 atom stereocenters. The van der Waals surface area contributed by atoms with Crippen molar-refractivity contribution in [3.05, 3.63) is 34.9 Å². The second kappa shape index (κ2) is 5.42. The van der Waals surface area contributed by atoms with Crippen LogP contribution in [-0.4, -0.2) is 0 Å². The van der Waals surface area contributed by atoms with E-state index in [1.165, 1.54) is 0 Å². The molecule has 1 aromatic carbocycles. The van der Waals surface area contributed by atoms with Crippen LogP contribution >= 0.6 is 0 Å². The fraction of sp³-hybridized carbons (Fsp3) is 0.455. The molecule has 0 nitrogen and oxygen atoms in total. The largest absolute Gasteiger partial charge is 0.416 e. The first-order valence-electron chi connectivity index (χ1n) is 4.88. The topological polar surface area (TPSA) is 0 Å². The van der Waals surface area contributed by atoms with Gasteiger partial charge in [-0.15, -0.1) is 0 Å². The van der Waals surface area contributed by atoms with Crippen LogP contribution in [-0.2, 0) is 12.4 Å². The van der Waals surface area contributed by atoms with Crippen LogP contribution in [0.4, 0.5) is 26.3 Å². The van der Waals surface area contributed by atoms with E-state index >= 15 is 0 Å². The number of hydrogen-bond acceptors (Lipinski definition) is 0. The molecule has 0 spiro atoms. The molecule has 0 aliphatic rings. The highest BCUT2D eigenvalue weighted by atomic mass is 19.4. The lowest BCUT2D eigenvalue weighted by atomic mass is 10.0. The maximum Gasteiger partial charge on any atom is 0.416 e. The molecule has 0 radical (unpaired) electrons. The van der Waals surface area contributed by atoms with Crippen molar-refractivity contribution < 1.29 is 26.3 Å². The van der Waals surface area contributed by atoms with Crippen molar-refractivity contribution >= 4 is 0 Å². The van der Waals surface area contributed by atoms with Crippen LogP contribution in [0.2, 0.25) is 0 Å². The minimum Gasteiger partial charge on any atom is -0.166 e. The van der Waals surface area contributed by atoms with E-state index in [-0.39, 0.29) is 0 Å². The fourth-order valence-corrected chi connectivity index (χ4v) is 1.25. The van der Waals surface area contributed by atoms with Crippen molar-refractivity contribution in [2.45, 2.75) is 33.1 Å². The van der Waals surface area contributed by atoms with Crippen LogP contribution < -0.4 is 0 Å². The first kappa shape index (κ1) is 15.8. The summed E-state index contributed by atoms with van der Waals surface area (Å²) in [6.45, 7) is 4.81. The van der Waals surface area contributed by atoms with E-state index in [2.05, 4.69) is 0 Å². The van der Waals surface area contributed by atoms with Gasteiger partial charge in [-0.3, -0.25) is 0 Å². The van der Waals surface area contributed by atoms with Crippen molar-refractivity contribution in [3.8, 4) is 0 Å². The summed E-state index contributed by atoms with van der Waals surface area (Å²) in [6.07, 6.45) is -9.52. The van der Waals surface area contributed by atoms with Gasteiger partial charge in [0.05, 0.1) is 11.1 Å². The number of halogens is 6. The summed E-state index contributed by atoms with van der Waals surface area (Å²) < 4.78 is 73.5. The van der Waals surface area contributed by atoms with Gasteiger partial charge in [-0.05, 0) is 24.6 Å². The van der Waals surface area contributed by atoms with Gasteiger partial charge in [0.15, 0.2) is 0 Å². The Morgan fingerprint density at radius 2 is 1.06 bits per heavy atom. The van der Waals surface area contributed by atoms with Crippen molar-refractivity contribution in [1.82, 2.24) is 0 Å². The number of hydrogen-bond donors (Lipinski definition) is 0. The zero-order valence-electron chi connectivity index (χ0n) is 9.50. The van der Waals surface area contributed by atoms with Gasteiger partial charge < -0.3 is 0 Å². The van der Waals surface area contributed by atoms with Crippen LogP contribution in [0.15, 0.2) is 18.2 Å². The highest BCUT2D eigenvalue weighted by molar-refractivity contribution is 5.37. The Morgan fingerprint density at radius 1 is 0.765 bits per heavy atom. The molecule has 98 valence electrons. The lowest BCUT2D eigenvalue weighted by Gasteiger charge is -2.15. The van der Waals surface area contributed by atoms with Gasteiger partial charge >= 0.3 is 12.4 Å². The van der Waals surface area contributed by atoms with Crippen molar-refractivity contribution in [3.63, 3.8) is 0 Å². The van der Waals surface area contributed by atoms with Crippen LogP contribution in [0.1, 0.15) is 30.5 Å². The predicted octanol–water partition coefficient (Wildman–Crippen LogP) is 5.06. The summed E-state index contributed by atoms with van der Waals surface area (Å²) in [4.78, 5) is 0. The van der Waals surface area contributed by atoms with Crippen molar-refractivity contribution in [2.24, 2.45) is 0 Å². The van der Waals surface area contributed by atoms with Crippen molar-refractivity contribution in [2.75, 3.05) is 0 Å². The van der Waals surface area contributed by atoms with E-state index in [0.29, 0.717) is 12.1 Å². The zero-order chi connectivity index (χ0) is 13.9. The van der Waals surface area contributed by atoms with Gasteiger partial charge in [0.25, 0.3) is 0 Å². The molecule has 0 heterocycles. The van der Waals surface area contributed by atoms with Gasteiger partial charge in [0.1, 0.15) is 0 Å². The molecule has 0 aromatic heterocycles. The molecule has 0 aliphatic heterocycles. The quantitative estimate of drug-likeness (QED) is 0.570. The molecule has 1 aromatic rings. The Kier molecular flexibility index (Phi) is 5.04. The molecule has 0 fully saturated rings. The molecule has 0 unspecified atom stereocenters. The number of benzene rings is 1. The van der Waals surface area contributed by atoms with Gasteiger partial charge in [-0.2, -0.15) is 26.3 Å². The van der Waals surface area contributed by atoms with Gasteiger partial charge in [-0.1, -0.05) is 19.9 Å². The Bertz CT molecular complexity index is 329. The summed E-state index contributed by atoms with van der Waals surface area (Å²) in [5, 5.41) is 0. The summed E-state index contributed by atoms with van der Waals surface area (Å²) in [7, 11) is 0. The summed E-state index contributed by atoms with van der Waals surface area (Å²) in [5.74, 6) is 0. The predicted molar refractivity (Wildman–Crippen MR) is 52.5 cm³/mol. The average Bonchev–Trinajstić information content (AvgIpc) is 2.17. The normalized spacial score (nSPS) is 11.8. The Morgan fingerprint density at radius 3 is 1.29 bits per heavy atom. The molecular formula is C11H12F6.